The van der Waals surface area contributed by atoms with Crippen molar-refractivity contribution in [1.82, 2.24) is 0 Å². The number of carbonyl (C=O) groups excluding carboxylic acids is 2. The van der Waals surface area contributed by atoms with Crippen molar-refractivity contribution in [2.24, 2.45) is 5.92 Å². The van der Waals surface area contributed by atoms with E-state index < -0.39 is 17.4 Å². The number of ether oxygens (including phenoxy) is 1. The Morgan fingerprint density at radius 2 is 2.15 bits per heavy atom. The highest BCUT2D eigenvalue weighted by atomic mass is 35.5. The van der Waals surface area contributed by atoms with Crippen LogP contribution in [-0.4, -0.2) is 42.4 Å². The van der Waals surface area contributed by atoms with Crippen molar-refractivity contribution < 1.29 is 24.5 Å². The summed E-state index contributed by atoms with van der Waals surface area (Å²) in [6, 6.07) is 5.05. The number of aliphatic hydroxyl groups is 2. The fraction of sp³-hybridized carbons (Fsp3) is 0.500. The zero-order valence-corrected chi connectivity index (χ0v) is 16.4. The molecule has 0 aliphatic carbocycles. The molecule has 27 heavy (non-hydrogen) atoms. The summed E-state index contributed by atoms with van der Waals surface area (Å²) in [5.74, 6) is -1.18. The van der Waals surface area contributed by atoms with Crippen molar-refractivity contribution in [2.45, 2.75) is 38.2 Å². The second kappa shape index (κ2) is 9.35. The number of unbranched alkanes of at least 4 members (excludes halogenated alkanes) is 1. The molecule has 2 rings (SSSR count). The molecule has 0 fully saturated rings. The van der Waals surface area contributed by atoms with Gasteiger partial charge in [0.15, 0.2) is 5.60 Å². The summed E-state index contributed by atoms with van der Waals surface area (Å²) < 4.78 is 4.62. The molecular weight excluding hydrogens is 370 g/mol. The number of benzene rings is 1. The highest BCUT2D eigenvalue weighted by Crippen LogP contribution is 2.46. The summed E-state index contributed by atoms with van der Waals surface area (Å²) >= 11 is 6.11. The van der Waals surface area contributed by atoms with E-state index in [4.69, 9.17) is 16.7 Å². The molecule has 1 aromatic rings. The number of methoxy groups -OCH3 is 1. The summed E-state index contributed by atoms with van der Waals surface area (Å²) in [6.45, 7) is 2.15. The molecule has 0 saturated heterocycles. The van der Waals surface area contributed by atoms with Crippen LogP contribution in [0.3, 0.4) is 0 Å². The minimum absolute atomic E-state index is 0.00430. The van der Waals surface area contributed by atoms with Gasteiger partial charge in [-0.1, -0.05) is 30.7 Å². The maximum absolute atomic E-state index is 13.1. The zero-order valence-electron chi connectivity index (χ0n) is 15.7. The molecule has 1 heterocycles. The minimum Gasteiger partial charge on any atom is -0.469 e. The summed E-state index contributed by atoms with van der Waals surface area (Å²) in [5.41, 5.74) is -0.601. The van der Waals surface area contributed by atoms with E-state index >= 15 is 0 Å². The Morgan fingerprint density at radius 3 is 2.81 bits per heavy atom. The molecule has 1 amide bonds. The van der Waals surface area contributed by atoms with Crippen LogP contribution < -0.4 is 4.90 Å². The average Bonchev–Trinajstić information content (AvgIpc) is 2.87. The van der Waals surface area contributed by atoms with Crippen LogP contribution in [0, 0.1) is 5.92 Å². The second-order valence-corrected chi connectivity index (χ2v) is 7.08. The molecule has 1 aliphatic heterocycles. The topological polar surface area (TPSA) is 87.1 Å². The predicted octanol–water partition coefficient (Wildman–Crippen LogP) is 2.79. The quantitative estimate of drug-likeness (QED) is 0.381. The van der Waals surface area contributed by atoms with Gasteiger partial charge in [0.25, 0.3) is 5.91 Å². The van der Waals surface area contributed by atoms with Gasteiger partial charge < -0.3 is 19.8 Å². The number of carbonyl (C=O) groups is 2. The van der Waals surface area contributed by atoms with E-state index in [0.717, 1.165) is 0 Å². The molecule has 0 bridgehead atoms. The lowest BCUT2D eigenvalue weighted by molar-refractivity contribution is -0.140. The monoisotopic (exact) mass is 395 g/mol. The minimum atomic E-state index is -1.71. The van der Waals surface area contributed by atoms with Gasteiger partial charge in [0, 0.05) is 36.1 Å². The van der Waals surface area contributed by atoms with E-state index in [1.165, 1.54) is 7.11 Å². The Kier molecular flexibility index (Phi) is 7.41. The third kappa shape index (κ3) is 4.51. The third-order valence-electron chi connectivity index (χ3n) is 4.85. The lowest BCUT2D eigenvalue weighted by Crippen LogP contribution is -2.44. The fourth-order valence-electron chi connectivity index (χ4n) is 3.30. The third-order valence-corrected chi connectivity index (χ3v) is 5.09. The molecule has 148 valence electrons. The van der Waals surface area contributed by atoms with Crippen LogP contribution in [0.5, 0.6) is 0 Å². The molecule has 0 saturated carbocycles. The normalized spacial score (nSPS) is 20.2. The van der Waals surface area contributed by atoms with E-state index in [9.17, 15) is 14.7 Å². The van der Waals surface area contributed by atoms with Crippen molar-refractivity contribution in [3.05, 3.63) is 40.9 Å². The largest absolute Gasteiger partial charge is 0.469 e. The van der Waals surface area contributed by atoms with E-state index in [1.807, 2.05) is 0 Å². The maximum Gasteiger partial charge on any atom is 0.305 e. The Bertz CT molecular complexity index is 720. The van der Waals surface area contributed by atoms with E-state index in [0.29, 0.717) is 42.1 Å². The average molecular weight is 396 g/mol. The predicted molar refractivity (Wildman–Crippen MR) is 104 cm³/mol. The Hall–Kier alpha value is -1.89. The first-order chi connectivity index (χ1) is 12.9. The molecular formula is C20H26ClNO5. The highest BCUT2D eigenvalue weighted by molar-refractivity contribution is 6.31. The molecule has 6 nitrogen and oxygen atoms in total. The first kappa shape index (κ1) is 21.4. The lowest BCUT2D eigenvalue weighted by Gasteiger charge is -2.27. The van der Waals surface area contributed by atoms with E-state index in [-0.39, 0.29) is 19.0 Å². The van der Waals surface area contributed by atoms with Crippen molar-refractivity contribution in [2.75, 3.05) is 25.2 Å². The smallest absolute Gasteiger partial charge is 0.305 e. The molecule has 1 aliphatic rings. The molecule has 2 atom stereocenters. The highest BCUT2D eigenvalue weighted by Gasteiger charge is 2.52. The standard InChI is InChI=1S/C20H26ClNO5/c1-14(7-4-6-12-23)20(26)16-13-15(21)9-10-17(16)22(19(20)25)11-5-3-8-18(24)27-2/h4,7,9-10,13-14,23,26H,3,5-6,8,11-12H2,1-2H3/b7-4+/t14-,20+/m1/s1. The number of hydrogen-bond acceptors (Lipinski definition) is 5. The molecule has 0 unspecified atom stereocenters. The van der Waals surface area contributed by atoms with Crippen LogP contribution in [0.4, 0.5) is 5.69 Å². The van der Waals surface area contributed by atoms with Gasteiger partial charge in [0.05, 0.1) is 12.8 Å². The number of halogens is 1. The Morgan fingerprint density at radius 1 is 1.41 bits per heavy atom. The second-order valence-electron chi connectivity index (χ2n) is 6.65. The van der Waals surface area contributed by atoms with Gasteiger partial charge in [-0.2, -0.15) is 0 Å². The first-order valence-corrected chi connectivity index (χ1v) is 9.42. The van der Waals surface area contributed by atoms with Gasteiger partial charge in [0.1, 0.15) is 0 Å². The van der Waals surface area contributed by atoms with Gasteiger partial charge in [-0.3, -0.25) is 9.59 Å². The number of aliphatic hydroxyl groups excluding tert-OH is 1. The maximum atomic E-state index is 13.1. The molecule has 7 heteroatoms. The van der Waals surface area contributed by atoms with Gasteiger partial charge in [-0.05, 0) is 37.5 Å². The van der Waals surface area contributed by atoms with Crippen LogP contribution in [0.2, 0.25) is 5.02 Å². The SMILES string of the molecule is COC(=O)CCCCN1C(=O)[C@](O)([C@H](C)/C=C/CCO)c2cc(Cl)ccc21. The number of amides is 1. The number of nitrogens with zero attached hydrogens (tertiary/aromatic N) is 1. The lowest BCUT2D eigenvalue weighted by atomic mass is 9.83. The number of rotatable bonds is 9. The summed E-state index contributed by atoms with van der Waals surface area (Å²) in [4.78, 5) is 25.9. The van der Waals surface area contributed by atoms with Crippen LogP contribution in [0.25, 0.3) is 0 Å². The molecule has 0 radical (unpaired) electrons. The van der Waals surface area contributed by atoms with Crippen LogP contribution in [-0.2, 0) is 19.9 Å². The number of anilines is 1. The summed E-state index contributed by atoms with van der Waals surface area (Å²) in [7, 11) is 1.35. The van der Waals surface area contributed by atoms with Gasteiger partial charge >= 0.3 is 5.97 Å². The van der Waals surface area contributed by atoms with Crippen molar-refractivity contribution in [1.29, 1.82) is 0 Å². The van der Waals surface area contributed by atoms with Crippen LogP contribution >= 0.6 is 11.6 Å². The van der Waals surface area contributed by atoms with Gasteiger partial charge in [-0.15, -0.1) is 0 Å². The van der Waals surface area contributed by atoms with E-state index in [2.05, 4.69) is 4.74 Å². The first-order valence-electron chi connectivity index (χ1n) is 9.05. The Balaban J connectivity index is 2.24. The molecule has 0 spiro atoms. The number of fused-ring (bicyclic) bond motifs is 1. The molecule has 2 N–H and O–H groups in total. The summed E-state index contributed by atoms with van der Waals surface area (Å²) in [6.07, 6.45) is 5.42. The van der Waals surface area contributed by atoms with Crippen LogP contribution in [0.1, 0.15) is 38.2 Å². The number of esters is 1. The van der Waals surface area contributed by atoms with Gasteiger partial charge in [-0.25, -0.2) is 0 Å². The Labute approximate surface area is 164 Å². The van der Waals surface area contributed by atoms with Gasteiger partial charge in [0.2, 0.25) is 0 Å². The summed E-state index contributed by atoms with van der Waals surface area (Å²) in [5, 5.41) is 20.7. The van der Waals surface area contributed by atoms with Crippen molar-refractivity contribution in [3.8, 4) is 0 Å². The number of hydrogen-bond donors (Lipinski definition) is 2. The van der Waals surface area contributed by atoms with Crippen molar-refractivity contribution >= 4 is 29.2 Å². The van der Waals surface area contributed by atoms with Crippen molar-refractivity contribution in [3.63, 3.8) is 0 Å². The zero-order chi connectivity index (χ0) is 20.0. The fourth-order valence-corrected chi connectivity index (χ4v) is 3.47. The molecule has 1 aromatic carbocycles. The van der Waals surface area contributed by atoms with E-state index in [1.54, 1.807) is 42.2 Å². The molecule has 0 aromatic heterocycles. The van der Waals surface area contributed by atoms with Crippen LogP contribution in [0.15, 0.2) is 30.4 Å².